The molecule has 3 heterocycles. The molecule has 0 aliphatic carbocycles. The fraction of sp³-hybridized carbons (Fsp3) is 0.571. The number of nitrogens with one attached hydrogen (secondary N) is 1. The molecule has 0 spiro atoms. The molecule has 2 aromatic rings. The number of aromatic amines is 1. The van der Waals surface area contributed by atoms with Crippen LogP contribution in [-0.2, 0) is 6.42 Å². The summed E-state index contributed by atoms with van der Waals surface area (Å²) in [6.07, 6.45) is 2.68. The number of nitrogens with two attached hydrogens (primary N) is 1. The number of carbonyl (C=O) groups excluding carboxylic acids is 1. The third kappa shape index (κ3) is 2.83. The molecule has 0 radical (unpaired) electrons. The van der Waals surface area contributed by atoms with Gasteiger partial charge in [0.05, 0.1) is 5.69 Å². The van der Waals surface area contributed by atoms with Gasteiger partial charge in [-0.25, -0.2) is 9.97 Å². The quantitative estimate of drug-likeness (QED) is 0.897. The van der Waals surface area contributed by atoms with E-state index in [0.717, 1.165) is 36.7 Å². The van der Waals surface area contributed by atoms with Gasteiger partial charge in [0.15, 0.2) is 11.0 Å². The third-order valence-corrected chi connectivity index (χ3v) is 4.85. The van der Waals surface area contributed by atoms with Crippen LogP contribution < -0.4 is 5.73 Å². The SMILES string of the molecule is CCc1nc(N)sc1C(=O)N1CCC[C@H](c2n[nH]c(C)n2)C1. The van der Waals surface area contributed by atoms with Gasteiger partial charge >= 0.3 is 0 Å². The van der Waals surface area contributed by atoms with E-state index in [4.69, 9.17) is 5.73 Å². The first-order valence-electron chi connectivity index (χ1n) is 7.51. The number of thiazole rings is 1. The number of hydrogen-bond acceptors (Lipinski definition) is 6. The van der Waals surface area contributed by atoms with Gasteiger partial charge in [0, 0.05) is 19.0 Å². The van der Waals surface area contributed by atoms with E-state index >= 15 is 0 Å². The maximum atomic E-state index is 12.8. The number of nitrogens with zero attached hydrogens (tertiary/aromatic N) is 4. The maximum absolute atomic E-state index is 12.8. The minimum Gasteiger partial charge on any atom is -0.375 e. The fourth-order valence-electron chi connectivity index (χ4n) is 2.84. The van der Waals surface area contributed by atoms with Crippen molar-refractivity contribution in [3.8, 4) is 0 Å². The lowest BCUT2D eigenvalue weighted by Gasteiger charge is -2.31. The molecular weight excluding hydrogens is 300 g/mol. The summed E-state index contributed by atoms with van der Waals surface area (Å²) < 4.78 is 0. The standard InChI is InChI=1S/C14H20N6OS/c1-3-10-11(22-14(15)17-10)13(21)20-6-4-5-9(7-20)12-16-8(2)18-19-12/h9H,3-7H2,1-2H3,(H2,15,17)(H,16,18,19)/t9-/m0/s1. The molecule has 118 valence electrons. The van der Waals surface area contributed by atoms with Crippen LogP contribution in [0.3, 0.4) is 0 Å². The first-order chi connectivity index (χ1) is 10.6. The zero-order valence-electron chi connectivity index (χ0n) is 12.8. The first kappa shape index (κ1) is 15.0. The zero-order chi connectivity index (χ0) is 15.7. The van der Waals surface area contributed by atoms with E-state index in [1.807, 2.05) is 18.7 Å². The molecule has 22 heavy (non-hydrogen) atoms. The number of piperidine rings is 1. The predicted molar refractivity (Wildman–Crippen MR) is 84.9 cm³/mol. The van der Waals surface area contributed by atoms with Crippen molar-refractivity contribution in [2.24, 2.45) is 0 Å². The maximum Gasteiger partial charge on any atom is 0.265 e. The number of amides is 1. The molecule has 1 amide bonds. The lowest BCUT2D eigenvalue weighted by Crippen LogP contribution is -2.39. The van der Waals surface area contributed by atoms with Crippen molar-refractivity contribution in [2.45, 2.75) is 39.0 Å². The summed E-state index contributed by atoms with van der Waals surface area (Å²) in [6, 6.07) is 0. The molecule has 2 aromatic heterocycles. The van der Waals surface area contributed by atoms with E-state index in [9.17, 15) is 4.79 Å². The molecule has 1 aliphatic heterocycles. The van der Waals surface area contributed by atoms with Crippen molar-refractivity contribution in [2.75, 3.05) is 18.8 Å². The third-order valence-electron chi connectivity index (χ3n) is 3.93. The average Bonchev–Trinajstić information content (AvgIpc) is 3.12. The molecule has 1 fully saturated rings. The summed E-state index contributed by atoms with van der Waals surface area (Å²) >= 11 is 1.28. The van der Waals surface area contributed by atoms with E-state index < -0.39 is 0 Å². The van der Waals surface area contributed by atoms with Gasteiger partial charge in [-0.1, -0.05) is 18.3 Å². The second-order valence-electron chi connectivity index (χ2n) is 5.55. The molecular formula is C14H20N6OS. The molecule has 0 aromatic carbocycles. The largest absolute Gasteiger partial charge is 0.375 e. The molecule has 3 N–H and O–H groups in total. The Balaban J connectivity index is 1.78. The number of H-pyrrole nitrogens is 1. The highest BCUT2D eigenvalue weighted by molar-refractivity contribution is 7.17. The van der Waals surface area contributed by atoms with E-state index in [0.29, 0.717) is 23.0 Å². The number of aromatic nitrogens is 4. The summed E-state index contributed by atoms with van der Waals surface area (Å²) in [5.74, 6) is 1.83. The molecule has 1 aliphatic rings. The Morgan fingerprint density at radius 2 is 2.32 bits per heavy atom. The van der Waals surface area contributed by atoms with Gasteiger partial charge in [0.25, 0.3) is 5.91 Å². The van der Waals surface area contributed by atoms with Crippen LogP contribution in [0.4, 0.5) is 5.13 Å². The fourth-order valence-corrected chi connectivity index (χ4v) is 3.72. The normalized spacial score (nSPS) is 18.6. The Morgan fingerprint density at radius 1 is 1.50 bits per heavy atom. The highest BCUT2D eigenvalue weighted by Gasteiger charge is 2.29. The Labute approximate surface area is 133 Å². The Morgan fingerprint density at radius 3 is 3.00 bits per heavy atom. The van der Waals surface area contributed by atoms with E-state index in [2.05, 4.69) is 20.2 Å². The number of likely N-dealkylation sites (tertiary alicyclic amines) is 1. The lowest BCUT2D eigenvalue weighted by molar-refractivity contribution is 0.0708. The molecule has 0 bridgehead atoms. The van der Waals surface area contributed by atoms with Gasteiger partial charge in [0.2, 0.25) is 0 Å². The van der Waals surface area contributed by atoms with Gasteiger partial charge in [-0.05, 0) is 26.2 Å². The second kappa shape index (κ2) is 6.04. The van der Waals surface area contributed by atoms with E-state index in [1.165, 1.54) is 11.3 Å². The van der Waals surface area contributed by atoms with Gasteiger partial charge in [-0.2, -0.15) is 5.10 Å². The predicted octanol–water partition coefficient (Wildman–Crippen LogP) is 1.73. The van der Waals surface area contributed by atoms with Crippen molar-refractivity contribution >= 4 is 22.4 Å². The molecule has 0 saturated carbocycles. The number of anilines is 1. The summed E-state index contributed by atoms with van der Waals surface area (Å²) in [4.78, 5) is 24.0. The van der Waals surface area contributed by atoms with Crippen LogP contribution in [0, 0.1) is 6.92 Å². The van der Waals surface area contributed by atoms with E-state index in [1.54, 1.807) is 0 Å². The minimum atomic E-state index is 0.0306. The highest BCUT2D eigenvalue weighted by Crippen LogP contribution is 2.28. The summed E-state index contributed by atoms with van der Waals surface area (Å²) in [6.45, 7) is 5.29. The van der Waals surface area contributed by atoms with Gasteiger partial charge in [0.1, 0.15) is 10.7 Å². The van der Waals surface area contributed by atoms with Crippen LogP contribution in [0.2, 0.25) is 0 Å². The van der Waals surface area contributed by atoms with Crippen molar-refractivity contribution in [1.82, 2.24) is 25.1 Å². The highest BCUT2D eigenvalue weighted by atomic mass is 32.1. The number of nitrogen functional groups attached to an aromatic ring is 1. The first-order valence-corrected chi connectivity index (χ1v) is 8.33. The molecule has 1 atom stereocenters. The number of hydrogen-bond donors (Lipinski definition) is 2. The number of aryl methyl sites for hydroxylation is 2. The van der Waals surface area contributed by atoms with Crippen LogP contribution in [0.1, 0.15) is 52.7 Å². The molecule has 1 saturated heterocycles. The van der Waals surface area contributed by atoms with Crippen molar-refractivity contribution in [3.63, 3.8) is 0 Å². The van der Waals surface area contributed by atoms with E-state index in [-0.39, 0.29) is 11.8 Å². The van der Waals surface area contributed by atoms with Crippen LogP contribution in [0.25, 0.3) is 0 Å². The van der Waals surface area contributed by atoms with Gasteiger partial charge in [-0.15, -0.1) is 0 Å². The average molecular weight is 320 g/mol. The minimum absolute atomic E-state index is 0.0306. The van der Waals surface area contributed by atoms with Crippen LogP contribution in [0.5, 0.6) is 0 Å². The topological polar surface area (TPSA) is 101 Å². The van der Waals surface area contributed by atoms with Gasteiger partial charge < -0.3 is 10.6 Å². The molecule has 7 nitrogen and oxygen atoms in total. The Bertz CT molecular complexity index is 679. The second-order valence-corrected chi connectivity index (χ2v) is 6.58. The van der Waals surface area contributed by atoms with Crippen LogP contribution in [0.15, 0.2) is 0 Å². The molecule has 8 heteroatoms. The summed E-state index contributed by atoms with van der Waals surface area (Å²) in [5.41, 5.74) is 6.55. The Kier molecular flexibility index (Phi) is 4.10. The number of rotatable bonds is 3. The zero-order valence-corrected chi connectivity index (χ0v) is 13.6. The summed E-state index contributed by atoms with van der Waals surface area (Å²) in [7, 11) is 0. The summed E-state index contributed by atoms with van der Waals surface area (Å²) in [5, 5.41) is 7.57. The lowest BCUT2D eigenvalue weighted by atomic mass is 9.97. The Hall–Kier alpha value is -1.96. The number of carbonyl (C=O) groups is 1. The van der Waals surface area contributed by atoms with Crippen LogP contribution >= 0.6 is 11.3 Å². The van der Waals surface area contributed by atoms with Gasteiger partial charge in [-0.3, -0.25) is 9.89 Å². The monoisotopic (exact) mass is 320 g/mol. The van der Waals surface area contributed by atoms with Crippen LogP contribution in [-0.4, -0.2) is 44.1 Å². The van der Waals surface area contributed by atoms with Crippen molar-refractivity contribution in [3.05, 3.63) is 22.2 Å². The molecule has 0 unspecified atom stereocenters. The van der Waals surface area contributed by atoms with Crippen molar-refractivity contribution in [1.29, 1.82) is 0 Å². The smallest absolute Gasteiger partial charge is 0.265 e. The van der Waals surface area contributed by atoms with Crippen molar-refractivity contribution < 1.29 is 4.79 Å². The molecule has 3 rings (SSSR count).